The maximum atomic E-state index is 5.39. The van der Waals surface area contributed by atoms with E-state index in [1.807, 2.05) is 0 Å². The molecule has 0 radical (unpaired) electrons. The van der Waals surface area contributed by atoms with E-state index in [0.717, 1.165) is 37.3 Å². The number of hydrogen-bond acceptors (Lipinski definition) is 1. The number of nitrogens with zero attached hydrogens (tertiary/aromatic N) is 1. The molecular formula is C12H18INO. The van der Waals surface area contributed by atoms with Crippen molar-refractivity contribution in [1.29, 1.82) is 0 Å². The molecule has 0 atom stereocenters. The van der Waals surface area contributed by atoms with Crippen molar-refractivity contribution in [3.05, 3.63) is 35.9 Å². The fraction of sp³-hybridized carbons (Fsp3) is 0.500. The van der Waals surface area contributed by atoms with Gasteiger partial charge in [0.15, 0.2) is 0 Å². The average molecular weight is 319 g/mol. The van der Waals surface area contributed by atoms with E-state index in [1.54, 1.807) is 0 Å². The highest BCUT2D eigenvalue weighted by Gasteiger charge is 2.24. The van der Waals surface area contributed by atoms with Crippen LogP contribution in [0.2, 0.25) is 0 Å². The van der Waals surface area contributed by atoms with Crippen molar-refractivity contribution in [3.63, 3.8) is 0 Å². The third-order valence-corrected chi connectivity index (χ3v) is 2.96. The van der Waals surface area contributed by atoms with Crippen molar-refractivity contribution in [3.8, 4) is 0 Å². The zero-order chi connectivity index (χ0) is 9.86. The minimum atomic E-state index is 0. The third kappa shape index (κ3) is 3.74. The van der Waals surface area contributed by atoms with Gasteiger partial charge in [-0.25, -0.2) is 0 Å². The maximum Gasteiger partial charge on any atom is 0.104 e. The summed E-state index contributed by atoms with van der Waals surface area (Å²) < 4.78 is 6.50. The summed E-state index contributed by atoms with van der Waals surface area (Å²) in [5.41, 5.74) is 1.43. The fourth-order valence-electron chi connectivity index (χ4n) is 1.97. The lowest BCUT2D eigenvalue weighted by atomic mass is 10.2. The number of morpholine rings is 1. The summed E-state index contributed by atoms with van der Waals surface area (Å²) in [4.78, 5) is 0. The zero-order valence-electron chi connectivity index (χ0n) is 9.16. The number of benzene rings is 1. The van der Waals surface area contributed by atoms with Crippen LogP contribution < -0.4 is 24.0 Å². The molecule has 1 aliphatic rings. The molecule has 0 aliphatic carbocycles. The van der Waals surface area contributed by atoms with Crippen LogP contribution in [-0.2, 0) is 11.3 Å². The van der Waals surface area contributed by atoms with E-state index < -0.39 is 0 Å². The van der Waals surface area contributed by atoms with E-state index in [4.69, 9.17) is 4.74 Å². The molecule has 0 N–H and O–H groups in total. The lowest BCUT2D eigenvalue weighted by Crippen LogP contribution is -3.00. The normalized spacial score (nSPS) is 19.3. The molecule has 1 heterocycles. The fourth-order valence-corrected chi connectivity index (χ4v) is 1.97. The lowest BCUT2D eigenvalue weighted by molar-refractivity contribution is -0.929. The van der Waals surface area contributed by atoms with Crippen LogP contribution in [0.3, 0.4) is 0 Å². The molecule has 0 saturated carbocycles. The number of quaternary nitrogens is 1. The quantitative estimate of drug-likeness (QED) is 0.485. The van der Waals surface area contributed by atoms with Crippen LogP contribution in [0.4, 0.5) is 0 Å². The smallest absolute Gasteiger partial charge is 0.104 e. The van der Waals surface area contributed by atoms with Crippen LogP contribution in [-0.4, -0.2) is 37.8 Å². The monoisotopic (exact) mass is 319 g/mol. The first kappa shape index (κ1) is 12.9. The summed E-state index contributed by atoms with van der Waals surface area (Å²) in [5, 5.41) is 0. The van der Waals surface area contributed by atoms with Gasteiger partial charge < -0.3 is 33.2 Å². The molecule has 2 rings (SSSR count). The van der Waals surface area contributed by atoms with Crippen molar-refractivity contribution in [2.24, 2.45) is 0 Å². The molecular weight excluding hydrogens is 301 g/mol. The first-order valence-corrected chi connectivity index (χ1v) is 5.24. The SMILES string of the molecule is C[N+]1(Cc2ccccc2)CCOCC1.[I-]. The maximum absolute atomic E-state index is 5.39. The summed E-state index contributed by atoms with van der Waals surface area (Å²) in [7, 11) is 2.32. The van der Waals surface area contributed by atoms with E-state index in [2.05, 4.69) is 37.4 Å². The van der Waals surface area contributed by atoms with Gasteiger partial charge in [0.05, 0.1) is 20.3 Å². The van der Waals surface area contributed by atoms with Gasteiger partial charge in [-0.1, -0.05) is 30.3 Å². The Kier molecular flexibility index (Phi) is 5.02. The highest BCUT2D eigenvalue weighted by Crippen LogP contribution is 2.13. The number of rotatable bonds is 2. The van der Waals surface area contributed by atoms with Crippen LogP contribution in [0.15, 0.2) is 30.3 Å². The molecule has 0 unspecified atom stereocenters. The van der Waals surface area contributed by atoms with Crippen LogP contribution in [0.5, 0.6) is 0 Å². The summed E-state index contributed by atoms with van der Waals surface area (Å²) in [6, 6.07) is 10.7. The second kappa shape index (κ2) is 5.82. The average Bonchev–Trinajstić information content (AvgIpc) is 2.19. The highest BCUT2D eigenvalue weighted by atomic mass is 127. The molecule has 0 spiro atoms. The minimum absolute atomic E-state index is 0. The van der Waals surface area contributed by atoms with Crippen LogP contribution in [0, 0.1) is 0 Å². The third-order valence-electron chi connectivity index (χ3n) is 2.96. The Labute approximate surface area is 109 Å². The van der Waals surface area contributed by atoms with Crippen molar-refractivity contribution in [2.75, 3.05) is 33.4 Å². The molecule has 0 bridgehead atoms. The van der Waals surface area contributed by atoms with Crippen molar-refractivity contribution >= 4 is 0 Å². The van der Waals surface area contributed by atoms with Gasteiger partial charge in [0, 0.05) is 5.56 Å². The summed E-state index contributed by atoms with van der Waals surface area (Å²) in [6.45, 7) is 5.21. The van der Waals surface area contributed by atoms with Gasteiger partial charge >= 0.3 is 0 Å². The van der Waals surface area contributed by atoms with Gasteiger partial charge in [-0.05, 0) is 0 Å². The molecule has 2 nitrogen and oxygen atoms in total. The number of hydrogen-bond donors (Lipinski definition) is 0. The van der Waals surface area contributed by atoms with Gasteiger partial charge in [0.2, 0.25) is 0 Å². The standard InChI is InChI=1S/C12H18NO.HI/c1-13(7-9-14-10-8-13)11-12-5-3-2-4-6-12;/h2-6H,7-11H2,1H3;1H/q+1;/p-1. The van der Waals surface area contributed by atoms with Crippen LogP contribution >= 0.6 is 0 Å². The van der Waals surface area contributed by atoms with E-state index >= 15 is 0 Å². The van der Waals surface area contributed by atoms with E-state index in [1.165, 1.54) is 5.56 Å². The largest absolute Gasteiger partial charge is 1.00 e. The predicted molar refractivity (Wildman–Crippen MR) is 56.9 cm³/mol. The van der Waals surface area contributed by atoms with Gasteiger partial charge in [-0.3, -0.25) is 0 Å². The number of ether oxygens (including phenoxy) is 1. The zero-order valence-corrected chi connectivity index (χ0v) is 11.3. The Morgan fingerprint density at radius 2 is 1.73 bits per heavy atom. The summed E-state index contributed by atoms with van der Waals surface area (Å²) in [5.74, 6) is 0. The lowest BCUT2D eigenvalue weighted by Gasteiger charge is -2.37. The Morgan fingerprint density at radius 3 is 2.33 bits per heavy atom. The molecule has 1 aromatic rings. The van der Waals surface area contributed by atoms with Crippen LogP contribution in [0.25, 0.3) is 0 Å². The Morgan fingerprint density at radius 1 is 1.13 bits per heavy atom. The first-order valence-electron chi connectivity index (χ1n) is 5.24. The first-order chi connectivity index (χ1) is 6.79. The molecule has 1 saturated heterocycles. The van der Waals surface area contributed by atoms with Gasteiger partial charge in [-0.2, -0.15) is 0 Å². The summed E-state index contributed by atoms with van der Waals surface area (Å²) in [6.07, 6.45) is 0. The molecule has 3 heteroatoms. The summed E-state index contributed by atoms with van der Waals surface area (Å²) >= 11 is 0. The Bertz CT molecular complexity index is 283. The Hall–Kier alpha value is -0.130. The molecule has 1 fully saturated rings. The van der Waals surface area contributed by atoms with Crippen molar-refractivity contribution in [2.45, 2.75) is 6.54 Å². The number of likely N-dealkylation sites (N-methyl/N-ethyl adjacent to an activating group) is 1. The molecule has 0 amide bonds. The van der Waals surface area contributed by atoms with E-state index in [9.17, 15) is 0 Å². The predicted octanol–water partition coefficient (Wildman–Crippen LogP) is -1.33. The van der Waals surface area contributed by atoms with Gasteiger partial charge in [0.1, 0.15) is 19.6 Å². The van der Waals surface area contributed by atoms with Gasteiger partial charge in [0.25, 0.3) is 0 Å². The minimum Gasteiger partial charge on any atom is -1.00 e. The van der Waals surface area contributed by atoms with E-state index in [-0.39, 0.29) is 24.0 Å². The van der Waals surface area contributed by atoms with E-state index in [0.29, 0.717) is 0 Å². The molecule has 0 aromatic heterocycles. The topological polar surface area (TPSA) is 9.23 Å². The number of halogens is 1. The van der Waals surface area contributed by atoms with Crippen molar-refractivity contribution < 1.29 is 33.2 Å². The highest BCUT2D eigenvalue weighted by molar-refractivity contribution is 5.13. The molecule has 84 valence electrons. The van der Waals surface area contributed by atoms with Crippen molar-refractivity contribution in [1.82, 2.24) is 0 Å². The second-order valence-corrected chi connectivity index (χ2v) is 4.32. The van der Waals surface area contributed by atoms with Crippen LogP contribution in [0.1, 0.15) is 5.56 Å². The van der Waals surface area contributed by atoms with Gasteiger partial charge in [-0.15, -0.1) is 0 Å². The second-order valence-electron chi connectivity index (χ2n) is 4.32. The Balaban J connectivity index is 0.00000112. The molecule has 1 aromatic carbocycles. The molecule has 1 aliphatic heterocycles. The molecule has 15 heavy (non-hydrogen) atoms.